The molecular formula is C14H19N3O2. The number of hydrogen-bond donors (Lipinski definition) is 1. The predicted octanol–water partition coefficient (Wildman–Crippen LogP) is 2.69. The smallest absolute Gasteiger partial charge is 0.271 e. The van der Waals surface area contributed by atoms with Crippen LogP contribution in [0.3, 0.4) is 0 Å². The van der Waals surface area contributed by atoms with E-state index in [-0.39, 0.29) is 11.9 Å². The third kappa shape index (κ3) is 3.05. The van der Waals surface area contributed by atoms with Crippen molar-refractivity contribution in [3.8, 4) is 11.5 Å². The first kappa shape index (κ1) is 13.4. The van der Waals surface area contributed by atoms with Gasteiger partial charge in [-0.2, -0.15) is 5.10 Å². The number of nitrogens with zero attached hydrogens (tertiary/aromatic N) is 2. The van der Waals surface area contributed by atoms with Crippen molar-refractivity contribution in [3.63, 3.8) is 0 Å². The maximum absolute atomic E-state index is 12.0. The SMILES string of the molecule is CCCn1nc(C(=O)NC(C)C)cc1-c1ccco1. The van der Waals surface area contributed by atoms with Crippen LogP contribution < -0.4 is 5.32 Å². The predicted molar refractivity (Wildman–Crippen MR) is 72.8 cm³/mol. The Hall–Kier alpha value is -2.04. The maximum Gasteiger partial charge on any atom is 0.271 e. The Morgan fingerprint density at radius 3 is 2.89 bits per heavy atom. The van der Waals surface area contributed by atoms with Gasteiger partial charge in [0.05, 0.1) is 6.26 Å². The lowest BCUT2D eigenvalue weighted by Crippen LogP contribution is -2.30. The molecule has 1 N–H and O–H groups in total. The molecule has 5 heteroatoms. The van der Waals surface area contributed by atoms with Crippen LogP contribution in [0.25, 0.3) is 11.5 Å². The van der Waals surface area contributed by atoms with Crippen molar-refractivity contribution in [2.75, 3.05) is 0 Å². The van der Waals surface area contributed by atoms with Crippen LogP contribution in [-0.4, -0.2) is 21.7 Å². The number of rotatable bonds is 5. The van der Waals surface area contributed by atoms with E-state index in [0.29, 0.717) is 5.69 Å². The molecule has 2 aromatic rings. The molecule has 0 aliphatic rings. The number of aryl methyl sites for hydroxylation is 1. The van der Waals surface area contributed by atoms with Crippen molar-refractivity contribution in [1.82, 2.24) is 15.1 Å². The number of aromatic nitrogens is 2. The highest BCUT2D eigenvalue weighted by Gasteiger charge is 2.17. The van der Waals surface area contributed by atoms with E-state index in [0.717, 1.165) is 24.4 Å². The second-order valence-corrected chi connectivity index (χ2v) is 4.74. The Bertz CT molecular complexity index is 541. The van der Waals surface area contributed by atoms with Gasteiger partial charge < -0.3 is 9.73 Å². The van der Waals surface area contributed by atoms with Crippen LogP contribution in [0.15, 0.2) is 28.9 Å². The second kappa shape index (κ2) is 5.73. The van der Waals surface area contributed by atoms with Gasteiger partial charge >= 0.3 is 0 Å². The van der Waals surface area contributed by atoms with Crippen LogP contribution in [0, 0.1) is 0 Å². The van der Waals surface area contributed by atoms with Crippen molar-refractivity contribution < 1.29 is 9.21 Å². The molecule has 0 saturated carbocycles. The summed E-state index contributed by atoms with van der Waals surface area (Å²) in [6.45, 7) is 6.68. The summed E-state index contributed by atoms with van der Waals surface area (Å²) < 4.78 is 7.20. The van der Waals surface area contributed by atoms with Crippen LogP contribution in [0.4, 0.5) is 0 Å². The van der Waals surface area contributed by atoms with Crippen LogP contribution in [-0.2, 0) is 6.54 Å². The fourth-order valence-corrected chi connectivity index (χ4v) is 1.87. The lowest BCUT2D eigenvalue weighted by molar-refractivity contribution is 0.0937. The summed E-state index contributed by atoms with van der Waals surface area (Å²) in [5.41, 5.74) is 1.26. The fraction of sp³-hybridized carbons (Fsp3) is 0.429. The van der Waals surface area contributed by atoms with Crippen LogP contribution >= 0.6 is 0 Å². The molecule has 0 bridgehead atoms. The minimum atomic E-state index is -0.155. The Balaban J connectivity index is 2.32. The van der Waals surface area contributed by atoms with Crippen LogP contribution in [0.1, 0.15) is 37.7 Å². The van der Waals surface area contributed by atoms with E-state index < -0.39 is 0 Å². The number of furan rings is 1. The Kier molecular flexibility index (Phi) is 4.04. The number of carbonyl (C=O) groups is 1. The highest BCUT2D eigenvalue weighted by atomic mass is 16.3. The number of carbonyl (C=O) groups excluding carboxylic acids is 1. The first-order valence-corrected chi connectivity index (χ1v) is 6.54. The quantitative estimate of drug-likeness (QED) is 0.900. The Morgan fingerprint density at radius 1 is 1.53 bits per heavy atom. The summed E-state index contributed by atoms with van der Waals surface area (Å²) in [5, 5.41) is 7.20. The van der Waals surface area contributed by atoms with Gasteiger partial charge in [-0.25, -0.2) is 0 Å². The van der Waals surface area contributed by atoms with Gasteiger partial charge in [0.15, 0.2) is 11.5 Å². The van der Waals surface area contributed by atoms with E-state index in [1.54, 1.807) is 12.3 Å². The third-order valence-corrected chi connectivity index (χ3v) is 2.64. The summed E-state index contributed by atoms with van der Waals surface area (Å²) in [7, 11) is 0. The molecule has 1 amide bonds. The molecule has 0 aromatic carbocycles. The van der Waals surface area contributed by atoms with Gasteiger partial charge in [0.1, 0.15) is 5.69 Å². The highest BCUT2D eigenvalue weighted by Crippen LogP contribution is 2.21. The average molecular weight is 261 g/mol. The molecule has 102 valence electrons. The van der Waals surface area contributed by atoms with Crippen molar-refractivity contribution in [2.45, 2.75) is 39.8 Å². The lowest BCUT2D eigenvalue weighted by atomic mass is 10.2. The van der Waals surface area contributed by atoms with E-state index in [2.05, 4.69) is 17.3 Å². The summed E-state index contributed by atoms with van der Waals surface area (Å²) in [4.78, 5) is 12.0. The molecule has 0 radical (unpaired) electrons. The van der Waals surface area contributed by atoms with E-state index >= 15 is 0 Å². The van der Waals surface area contributed by atoms with Gasteiger partial charge in [-0.1, -0.05) is 6.92 Å². The average Bonchev–Trinajstić information content (AvgIpc) is 2.95. The van der Waals surface area contributed by atoms with Crippen molar-refractivity contribution in [1.29, 1.82) is 0 Å². The standard InChI is InChI=1S/C14H19N3O2/c1-4-7-17-12(13-6-5-8-19-13)9-11(16-17)14(18)15-10(2)3/h5-6,8-10H,4,7H2,1-3H3,(H,15,18). The van der Waals surface area contributed by atoms with Crippen molar-refractivity contribution >= 4 is 5.91 Å². The first-order valence-electron chi connectivity index (χ1n) is 6.54. The molecule has 0 saturated heterocycles. The molecule has 0 unspecified atom stereocenters. The molecular weight excluding hydrogens is 242 g/mol. The summed E-state index contributed by atoms with van der Waals surface area (Å²) >= 11 is 0. The molecule has 5 nitrogen and oxygen atoms in total. The topological polar surface area (TPSA) is 60.1 Å². The van der Waals surface area contributed by atoms with Gasteiger partial charge in [-0.05, 0) is 32.4 Å². The molecule has 2 heterocycles. The van der Waals surface area contributed by atoms with Gasteiger partial charge in [-0.3, -0.25) is 9.48 Å². The minimum absolute atomic E-state index is 0.0934. The number of nitrogens with one attached hydrogen (secondary N) is 1. The Morgan fingerprint density at radius 2 is 2.32 bits per heavy atom. The number of hydrogen-bond acceptors (Lipinski definition) is 3. The van der Waals surface area contributed by atoms with Crippen LogP contribution in [0.5, 0.6) is 0 Å². The van der Waals surface area contributed by atoms with E-state index in [9.17, 15) is 4.79 Å². The van der Waals surface area contributed by atoms with Gasteiger partial charge in [0.25, 0.3) is 5.91 Å². The molecule has 2 rings (SSSR count). The van der Waals surface area contributed by atoms with Gasteiger partial charge in [0, 0.05) is 18.7 Å². The second-order valence-electron chi connectivity index (χ2n) is 4.74. The largest absolute Gasteiger partial charge is 0.463 e. The van der Waals surface area contributed by atoms with Crippen molar-refractivity contribution in [3.05, 3.63) is 30.2 Å². The maximum atomic E-state index is 12.0. The van der Waals surface area contributed by atoms with E-state index in [1.807, 2.05) is 30.7 Å². The van der Waals surface area contributed by atoms with Crippen molar-refractivity contribution in [2.24, 2.45) is 0 Å². The Labute approximate surface area is 112 Å². The zero-order valence-corrected chi connectivity index (χ0v) is 11.5. The highest BCUT2D eigenvalue weighted by molar-refractivity contribution is 5.93. The van der Waals surface area contributed by atoms with Gasteiger partial charge in [-0.15, -0.1) is 0 Å². The summed E-state index contributed by atoms with van der Waals surface area (Å²) in [6, 6.07) is 5.56. The van der Waals surface area contributed by atoms with Gasteiger partial charge in [0.2, 0.25) is 0 Å². The third-order valence-electron chi connectivity index (χ3n) is 2.64. The summed E-state index contributed by atoms with van der Waals surface area (Å²) in [5.74, 6) is 0.571. The zero-order valence-electron chi connectivity index (χ0n) is 11.5. The first-order chi connectivity index (χ1) is 9.11. The van der Waals surface area contributed by atoms with E-state index in [1.165, 1.54) is 0 Å². The monoisotopic (exact) mass is 261 g/mol. The molecule has 0 spiro atoms. The fourth-order valence-electron chi connectivity index (χ4n) is 1.87. The minimum Gasteiger partial charge on any atom is -0.463 e. The molecule has 0 aliphatic heterocycles. The molecule has 0 fully saturated rings. The molecule has 0 atom stereocenters. The van der Waals surface area contributed by atoms with E-state index in [4.69, 9.17) is 4.42 Å². The molecule has 2 aromatic heterocycles. The number of amides is 1. The lowest BCUT2D eigenvalue weighted by Gasteiger charge is -2.05. The normalized spacial score (nSPS) is 10.9. The zero-order chi connectivity index (χ0) is 13.8. The molecule has 19 heavy (non-hydrogen) atoms. The molecule has 0 aliphatic carbocycles. The van der Waals surface area contributed by atoms with Crippen LogP contribution in [0.2, 0.25) is 0 Å². The summed E-state index contributed by atoms with van der Waals surface area (Å²) in [6.07, 6.45) is 2.56.